The van der Waals surface area contributed by atoms with Gasteiger partial charge in [0.1, 0.15) is 0 Å². The molecule has 6 rings (SSSR count). The molecule has 4 bridgehead atoms. The first-order valence-corrected chi connectivity index (χ1v) is 15.0. The van der Waals surface area contributed by atoms with Gasteiger partial charge < -0.3 is 20.9 Å². The van der Waals surface area contributed by atoms with Crippen LogP contribution in [0.5, 0.6) is 0 Å². The van der Waals surface area contributed by atoms with Crippen LogP contribution in [-0.2, 0) is 14.4 Å². The molecule has 6 atom stereocenters. The maximum Gasteiger partial charge on any atom is 0.279 e. The van der Waals surface area contributed by atoms with Crippen molar-refractivity contribution < 1.29 is 14.4 Å². The molecule has 214 valence electrons. The van der Waals surface area contributed by atoms with Gasteiger partial charge in [-0.1, -0.05) is 49.4 Å². The van der Waals surface area contributed by atoms with Crippen LogP contribution in [0, 0.1) is 11.8 Å². The van der Waals surface area contributed by atoms with Crippen LogP contribution in [0.3, 0.4) is 0 Å². The lowest BCUT2D eigenvalue weighted by Crippen LogP contribution is -2.58. The Morgan fingerprint density at radius 2 is 1.55 bits per heavy atom. The van der Waals surface area contributed by atoms with Crippen molar-refractivity contribution in [2.24, 2.45) is 28.5 Å². The number of piperidine rings is 2. The Morgan fingerprint density at radius 3 is 2.20 bits per heavy atom. The Bertz CT molecular complexity index is 1340. The normalized spacial score (nSPS) is 30.9. The zero-order valence-corrected chi connectivity index (χ0v) is 23.0. The number of aromatic nitrogens is 2. The summed E-state index contributed by atoms with van der Waals surface area (Å²) in [5, 5.41) is 3.71. The number of primary amides is 2. The van der Waals surface area contributed by atoms with E-state index in [4.69, 9.17) is 16.3 Å². The van der Waals surface area contributed by atoms with E-state index in [1.165, 1.54) is 51.4 Å². The van der Waals surface area contributed by atoms with Crippen LogP contribution >= 0.6 is 0 Å². The molecular weight excluding hydrogens is 508 g/mol. The lowest BCUT2D eigenvalue weighted by atomic mass is 9.73. The predicted octanol–water partition coefficient (Wildman–Crippen LogP) is 3.00. The highest BCUT2D eigenvalue weighted by molar-refractivity contribution is 6.44. The minimum absolute atomic E-state index is 0.0303. The SMILES string of the molecule is NC(=O)CON=C(C(N)=O)c1nc2ccccc2n(C2C[C@H]3CCC[C@@H](C2)N3C2C[C@H]3CCCC[C@@H](C2)C3)c1=O. The summed E-state index contributed by atoms with van der Waals surface area (Å²) in [7, 11) is 0. The van der Waals surface area contributed by atoms with Gasteiger partial charge in [0.25, 0.3) is 17.4 Å². The number of oxime groups is 1. The first-order chi connectivity index (χ1) is 19.4. The molecule has 4 fully saturated rings. The largest absolute Gasteiger partial charge is 0.385 e. The van der Waals surface area contributed by atoms with Gasteiger partial charge >= 0.3 is 0 Å². The lowest BCUT2D eigenvalue weighted by molar-refractivity contribution is -0.122. The molecule has 4 N–H and O–H groups in total. The van der Waals surface area contributed by atoms with Crippen LogP contribution in [0.1, 0.15) is 88.8 Å². The molecule has 2 aliphatic heterocycles. The molecule has 1 aromatic heterocycles. The Morgan fingerprint density at radius 1 is 0.875 bits per heavy atom. The summed E-state index contributed by atoms with van der Waals surface area (Å²) in [6, 6.07) is 8.97. The molecule has 10 nitrogen and oxygen atoms in total. The zero-order valence-electron chi connectivity index (χ0n) is 23.0. The van der Waals surface area contributed by atoms with E-state index in [-0.39, 0.29) is 11.7 Å². The van der Waals surface area contributed by atoms with E-state index in [0.717, 1.165) is 43.0 Å². The predicted molar refractivity (Wildman–Crippen MR) is 152 cm³/mol. The van der Waals surface area contributed by atoms with E-state index >= 15 is 0 Å². The van der Waals surface area contributed by atoms with Crippen molar-refractivity contribution in [2.45, 2.75) is 101 Å². The van der Waals surface area contributed by atoms with Gasteiger partial charge in [-0.2, -0.15) is 0 Å². The van der Waals surface area contributed by atoms with Crippen molar-refractivity contribution in [3.63, 3.8) is 0 Å². The van der Waals surface area contributed by atoms with Crippen LogP contribution in [0.25, 0.3) is 11.0 Å². The molecule has 2 unspecified atom stereocenters. The molecule has 1 aromatic carbocycles. The van der Waals surface area contributed by atoms with Crippen molar-refractivity contribution in [3.05, 3.63) is 40.3 Å². The molecular formula is C30H40N6O4. The van der Waals surface area contributed by atoms with Crippen molar-refractivity contribution in [2.75, 3.05) is 6.61 Å². The summed E-state index contributed by atoms with van der Waals surface area (Å²) in [5.74, 6) is 0.0120. The van der Waals surface area contributed by atoms with Gasteiger partial charge in [-0.15, -0.1) is 0 Å². The van der Waals surface area contributed by atoms with Crippen molar-refractivity contribution in [1.29, 1.82) is 0 Å². The molecule has 0 spiro atoms. The second-order valence-electron chi connectivity index (χ2n) is 12.4. The third-order valence-electron chi connectivity index (χ3n) is 9.76. The smallest absolute Gasteiger partial charge is 0.279 e. The summed E-state index contributed by atoms with van der Waals surface area (Å²) in [4.78, 5) is 49.8. The van der Waals surface area contributed by atoms with E-state index in [1.807, 2.05) is 28.8 Å². The van der Waals surface area contributed by atoms with E-state index in [2.05, 4.69) is 15.0 Å². The molecule has 10 heteroatoms. The topological polar surface area (TPSA) is 146 Å². The highest BCUT2D eigenvalue weighted by atomic mass is 16.6. The quantitative estimate of drug-likeness (QED) is 0.402. The van der Waals surface area contributed by atoms with Gasteiger partial charge in [0.2, 0.25) is 0 Å². The second-order valence-corrected chi connectivity index (χ2v) is 12.4. The number of benzene rings is 1. The number of hydrogen-bond acceptors (Lipinski definition) is 7. The molecule has 2 amide bonds. The number of fused-ring (bicyclic) bond motifs is 5. The number of nitrogens with two attached hydrogens (primary N) is 2. The van der Waals surface area contributed by atoms with E-state index < -0.39 is 29.7 Å². The van der Waals surface area contributed by atoms with Gasteiger partial charge in [0.15, 0.2) is 18.0 Å². The van der Waals surface area contributed by atoms with E-state index in [0.29, 0.717) is 23.6 Å². The average molecular weight is 549 g/mol. The maximum absolute atomic E-state index is 14.0. The summed E-state index contributed by atoms with van der Waals surface area (Å²) in [6.45, 7) is -0.538. The zero-order chi connectivity index (χ0) is 27.8. The number of hydrogen-bond donors (Lipinski definition) is 2. The number of carbonyl (C=O) groups excluding carboxylic acids is 2. The molecule has 2 saturated heterocycles. The second kappa shape index (κ2) is 11.3. The van der Waals surface area contributed by atoms with Crippen LogP contribution in [0.15, 0.2) is 34.2 Å². The number of nitrogens with zero attached hydrogens (tertiary/aromatic N) is 4. The molecule has 2 aliphatic carbocycles. The first kappa shape index (κ1) is 26.9. The monoisotopic (exact) mass is 548 g/mol. The maximum atomic E-state index is 14.0. The van der Waals surface area contributed by atoms with Crippen LogP contribution in [0.4, 0.5) is 0 Å². The Balaban J connectivity index is 1.35. The third-order valence-corrected chi connectivity index (χ3v) is 9.76. The first-order valence-electron chi connectivity index (χ1n) is 15.0. The fourth-order valence-corrected chi connectivity index (χ4v) is 8.34. The Hall–Kier alpha value is -3.27. The standard InChI is InChI=1S/C30H40N6O4/c31-26(37)17-40-34-27(29(32)38)28-30(39)36(25-11-4-3-10-24(25)33-28)23-15-20-8-5-9-21(16-23)35(20)22-13-18-6-1-2-7-19(12-18)14-22/h3-4,10-11,18-23H,1-2,5-9,12-17H2,(H2,31,37)(H2,32,38)/t18-,19+,20-,21+,22?,23?. The fourth-order valence-electron chi connectivity index (χ4n) is 8.34. The minimum Gasteiger partial charge on any atom is -0.385 e. The van der Waals surface area contributed by atoms with E-state index in [1.54, 1.807) is 0 Å². The number of amides is 2. The molecule has 2 aromatic rings. The molecule has 40 heavy (non-hydrogen) atoms. The van der Waals surface area contributed by atoms with Crippen molar-refractivity contribution >= 4 is 28.6 Å². The number of para-hydroxylation sites is 2. The van der Waals surface area contributed by atoms with Gasteiger partial charge in [-0.25, -0.2) is 4.98 Å². The minimum atomic E-state index is -0.957. The Kier molecular flexibility index (Phi) is 7.61. The highest BCUT2D eigenvalue weighted by Crippen LogP contribution is 2.47. The van der Waals surface area contributed by atoms with E-state index in [9.17, 15) is 14.4 Å². The third kappa shape index (κ3) is 5.25. The fraction of sp³-hybridized carbons (Fsp3) is 0.633. The highest BCUT2D eigenvalue weighted by Gasteiger charge is 2.45. The van der Waals surface area contributed by atoms with Gasteiger partial charge in [-0.05, 0) is 68.9 Å². The summed E-state index contributed by atoms with van der Waals surface area (Å²) in [6.07, 6.45) is 14.9. The average Bonchev–Trinajstić information content (AvgIpc) is 3.09. The Labute approximate surface area is 234 Å². The van der Waals surface area contributed by atoms with Crippen LogP contribution < -0.4 is 17.0 Å². The summed E-state index contributed by atoms with van der Waals surface area (Å²) >= 11 is 0. The molecule has 4 aliphatic rings. The molecule has 3 heterocycles. The summed E-state index contributed by atoms with van der Waals surface area (Å²) in [5.41, 5.74) is 11.0. The molecule has 2 saturated carbocycles. The van der Waals surface area contributed by atoms with Gasteiger partial charge in [0, 0.05) is 24.2 Å². The van der Waals surface area contributed by atoms with Gasteiger partial charge in [-0.3, -0.25) is 19.3 Å². The van der Waals surface area contributed by atoms with Crippen LogP contribution in [0.2, 0.25) is 0 Å². The van der Waals surface area contributed by atoms with Gasteiger partial charge in [0.05, 0.1) is 11.0 Å². The van der Waals surface area contributed by atoms with Crippen molar-refractivity contribution in [1.82, 2.24) is 14.5 Å². The number of carbonyl (C=O) groups is 2. The molecule has 0 radical (unpaired) electrons. The summed E-state index contributed by atoms with van der Waals surface area (Å²) < 4.78 is 1.81. The van der Waals surface area contributed by atoms with Crippen molar-refractivity contribution in [3.8, 4) is 0 Å². The number of rotatable bonds is 7. The van der Waals surface area contributed by atoms with Crippen LogP contribution in [-0.4, -0.2) is 56.7 Å². The lowest BCUT2D eigenvalue weighted by Gasteiger charge is -2.54.